The molecule has 1 amide bonds. The van der Waals surface area contributed by atoms with Crippen LogP contribution in [0.2, 0.25) is 10.0 Å². The molecule has 1 aromatic carbocycles. The maximum Gasteiger partial charge on any atom is 0.250 e. The Kier molecular flexibility index (Phi) is 5.70. The van der Waals surface area contributed by atoms with Crippen LogP contribution in [-0.4, -0.2) is 25.5 Å². The van der Waals surface area contributed by atoms with E-state index in [9.17, 15) is 4.79 Å². The Morgan fingerprint density at radius 3 is 2.69 bits per heavy atom. The van der Waals surface area contributed by atoms with Crippen molar-refractivity contribution < 1.29 is 4.79 Å². The summed E-state index contributed by atoms with van der Waals surface area (Å²) in [5.41, 5.74) is 1.79. The minimum absolute atomic E-state index is 0.195. The molecule has 0 aliphatic carbocycles. The Morgan fingerprint density at radius 2 is 2.04 bits per heavy atom. The van der Waals surface area contributed by atoms with E-state index in [0.29, 0.717) is 22.4 Å². The van der Waals surface area contributed by atoms with Crippen LogP contribution in [0.3, 0.4) is 0 Å². The number of carbonyl (C=O) groups is 1. The van der Waals surface area contributed by atoms with Crippen LogP contribution in [0.25, 0.3) is 0 Å². The second-order valence-electron chi connectivity index (χ2n) is 5.85. The Labute approximate surface area is 169 Å². The predicted octanol–water partition coefficient (Wildman–Crippen LogP) is 4.71. The molecular weight excluding hydrogens is 441 g/mol. The third-order valence-electron chi connectivity index (χ3n) is 3.85. The molecule has 26 heavy (non-hydrogen) atoms. The summed E-state index contributed by atoms with van der Waals surface area (Å²) in [6.07, 6.45) is 3.57. The number of aromatic nitrogens is 4. The lowest BCUT2D eigenvalue weighted by Gasteiger charge is -2.11. The first-order chi connectivity index (χ1) is 12.3. The van der Waals surface area contributed by atoms with E-state index in [4.69, 9.17) is 23.2 Å². The SMILES string of the molecule is Cc1nn(C(C)C(=O)Nc2ccn(Cc3ccc(Cl)c(Cl)c3)n2)cc1Br. The fraction of sp³-hybridized carbons (Fsp3) is 0.235. The van der Waals surface area contributed by atoms with Crippen molar-refractivity contribution in [3.05, 3.63) is 62.4 Å². The van der Waals surface area contributed by atoms with Gasteiger partial charge in [-0.05, 0) is 47.5 Å². The van der Waals surface area contributed by atoms with Gasteiger partial charge >= 0.3 is 0 Å². The molecule has 0 aliphatic heterocycles. The number of carbonyl (C=O) groups excluding carboxylic acids is 1. The molecule has 0 radical (unpaired) electrons. The van der Waals surface area contributed by atoms with Gasteiger partial charge < -0.3 is 5.32 Å². The zero-order valence-electron chi connectivity index (χ0n) is 14.1. The van der Waals surface area contributed by atoms with Gasteiger partial charge in [-0.3, -0.25) is 14.2 Å². The highest BCUT2D eigenvalue weighted by Gasteiger charge is 2.18. The van der Waals surface area contributed by atoms with Crippen LogP contribution in [-0.2, 0) is 11.3 Å². The number of nitrogens with one attached hydrogen (secondary N) is 1. The molecular formula is C17H16BrCl2N5O. The number of anilines is 1. The topological polar surface area (TPSA) is 64.7 Å². The number of hydrogen-bond donors (Lipinski definition) is 1. The summed E-state index contributed by atoms with van der Waals surface area (Å²) >= 11 is 15.4. The number of benzene rings is 1. The van der Waals surface area contributed by atoms with Crippen LogP contribution < -0.4 is 5.32 Å². The molecule has 1 N–H and O–H groups in total. The lowest BCUT2D eigenvalue weighted by Crippen LogP contribution is -2.24. The van der Waals surface area contributed by atoms with Crippen LogP contribution in [0.1, 0.15) is 24.2 Å². The maximum absolute atomic E-state index is 12.4. The van der Waals surface area contributed by atoms with Crippen molar-refractivity contribution in [2.45, 2.75) is 26.4 Å². The van der Waals surface area contributed by atoms with E-state index in [-0.39, 0.29) is 5.91 Å². The molecule has 0 saturated carbocycles. The summed E-state index contributed by atoms with van der Waals surface area (Å²) in [5, 5.41) is 12.5. The van der Waals surface area contributed by atoms with Crippen molar-refractivity contribution in [1.29, 1.82) is 0 Å². The molecule has 1 unspecified atom stereocenters. The van der Waals surface area contributed by atoms with E-state index in [0.717, 1.165) is 15.7 Å². The molecule has 0 fully saturated rings. The first-order valence-electron chi connectivity index (χ1n) is 7.83. The van der Waals surface area contributed by atoms with Crippen LogP contribution in [0.4, 0.5) is 5.82 Å². The Bertz CT molecular complexity index is 933. The molecule has 136 valence electrons. The van der Waals surface area contributed by atoms with Crippen LogP contribution >= 0.6 is 39.1 Å². The molecule has 0 bridgehead atoms. The first-order valence-corrected chi connectivity index (χ1v) is 9.38. The second kappa shape index (κ2) is 7.82. The zero-order chi connectivity index (χ0) is 18.8. The Hall–Kier alpha value is -1.83. The number of aryl methyl sites for hydroxylation is 1. The molecule has 2 heterocycles. The van der Waals surface area contributed by atoms with Gasteiger partial charge in [0.05, 0.1) is 26.8 Å². The van der Waals surface area contributed by atoms with Gasteiger partial charge in [0.2, 0.25) is 5.91 Å². The molecule has 1 atom stereocenters. The molecule has 2 aromatic heterocycles. The van der Waals surface area contributed by atoms with Gasteiger partial charge in [-0.1, -0.05) is 29.3 Å². The highest BCUT2D eigenvalue weighted by Crippen LogP contribution is 2.23. The van der Waals surface area contributed by atoms with Gasteiger partial charge in [-0.15, -0.1) is 0 Å². The largest absolute Gasteiger partial charge is 0.307 e. The summed E-state index contributed by atoms with van der Waals surface area (Å²) in [5.74, 6) is 0.282. The second-order valence-corrected chi connectivity index (χ2v) is 7.52. The number of rotatable bonds is 5. The Morgan fingerprint density at radius 1 is 1.27 bits per heavy atom. The molecule has 3 aromatic rings. The van der Waals surface area contributed by atoms with Crippen molar-refractivity contribution in [2.75, 3.05) is 5.32 Å². The molecule has 0 saturated heterocycles. The third-order valence-corrected chi connectivity index (χ3v) is 5.37. The van der Waals surface area contributed by atoms with Crippen LogP contribution in [0.5, 0.6) is 0 Å². The van der Waals surface area contributed by atoms with E-state index in [1.165, 1.54) is 0 Å². The van der Waals surface area contributed by atoms with Gasteiger partial charge in [0, 0.05) is 18.5 Å². The van der Waals surface area contributed by atoms with Gasteiger partial charge in [0.15, 0.2) is 5.82 Å². The minimum atomic E-state index is -0.458. The van der Waals surface area contributed by atoms with Crippen LogP contribution in [0, 0.1) is 6.92 Å². The molecule has 9 heteroatoms. The van der Waals surface area contributed by atoms with E-state index in [1.807, 2.05) is 13.0 Å². The lowest BCUT2D eigenvalue weighted by molar-refractivity contribution is -0.119. The highest BCUT2D eigenvalue weighted by molar-refractivity contribution is 9.10. The standard InChI is InChI=1S/C17H16BrCl2N5O/c1-10-13(18)9-25(22-10)11(2)17(26)21-16-5-6-24(23-16)8-12-3-4-14(19)15(20)7-12/h3-7,9,11H,8H2,1-2H3,(H,21,23,26). The summed E-state index contributed by atoms with van der Waals surface area (Å²) in [6.45, 7) is 4.17. The normalized spacial score (nSPS) is 12.2. The van der Waals surface area contributed by atoms with E-state index in [1.54, 1.807) is 46.9 Å². The number of halogens is 3. The van der Waals surface area contributed by atoms with Crippen molar-refractivity contribution in [2.24, 2.45) is 0 Å². The molecule has 3 rings (SSSR count). The van der Waals surface area contributed by atoms with E-state index in [2.05, 4.69) is 31.4 Å². The quantitative estimate of drug-likeness (QED) is 0.604. The average molecular weight is 457 g/mol. The summed E-state index contributed by atoms with van der Waals surface area (Å²) in [7, 11) is 0. The number of nitrogens with zero attached hydrogens (tertiary/aromatic N) is 4. The number of hydrogen-bond acceptors (Lipinski definition) is 3. The van der Waals surface area contributed by atoms with E-state index < -0.39 is 6.04 Å². The van der Waals surface area contributed by atoms with Gasteiger partial charge in [-0.25, -0.2) is 0 Å². The molecule has 6 nitrogen and oxygen atoms in total. The van der Waals surface area contributed by atoms with Crippen LogP contribution in [0.15, 0.2) is 41.1 Å². The summed E-state index contributed by atoms with van der Waals surface area (Å²) in [4.78, 5) is 12.4. The van der Waals surface area contributed by atoms with Gasteiger partial charge in [0.25, 0.3) is 0 Å². The van der Waals surface area contributed by atoms with Crippen molar-refractivity contribution in [1.82, 2.24) is 19.6 Å². The Balaban J connectivity index is 1.65. The molecule has 0 aliphatic rings. The minimum Gasteiger partial charge on any atom is -0.307 e. The maximum atomic E-state index is 12.4. The smallest absolute Gasteiger partial charge is 0.250 e. The van der Waals surface area contributed by atoms with Gasteiger partial charge in [0.1, 0.15) is 6.04 Å². The van der Waals surface area contributed by atoms with Crippen molar-refractivity contribution in [3.8, 4) is 0 Å². The average Bonchev–Trinajstić information content (AvgIpc) is 3.17. The highest BCUT2D eigenvalue weighted by atomic mass is 79.9. The summed E-state index contributed by atoms with van der Waals surface area (Å²) in [6, 6.07) is 6.71. The van der Waals surface area contributed by atoms with Gasteiger partial charge in [-0.2, -0.15) is 10.2 Å². The first kappa shape index (κ1) is 18.9. The third kappa shape index (κ3) is 4.28. The van der Waals surface area contributed by atoms with Crippen molar-refractivity contribution >= 4 is 50.9 Å². The fourth-order valence-corrected chi connectivity index (χ4v) is 2.96. The summed E-state index contributed by atoms with van der Waals surface area (Å²) < 4.78 is 4.19. The lowest BCUT2D eigenvalue weighted by atomic mass is 10.2. The predicted molar refractivity (Wildman–Crippen MR) is 106 cm³/mol. The fourth-order valence-electron chi connectivity index (χ4n) is 2.35. The number of amides is 1. The monoisotopic (exact) mass is 455 g/mol. The van der Waals surface area contributed by atoms with Crippen molar-refractivity contribution in [3.63, 3.8) is 0 Å². The van der Waals surface area contributed by atoms with E-state index >= 15 is 0 Å². The molecule has 0 spiro atoms. The zero-order valence-corrected chi connectivity index (χ0v) is 17.2.